The number of unbranched alkanes of at least 4 members (excludes halogenated alkanes) is 1. The molecule has 1 N–H and O–H groups in total. The minimum absolute atomic E-state index is 0.133. The average Bonchev–Trinajstić information content (AvgIpc) is 2.62. The molecule has 0 aliphatic carbocycles. The number of aromatic nitrogens is 1. The van der Waals surface area contributed by atoms with Crippen molar-refractivity contribution >= 4 is 23.3 Å². The zero-order valence-electron chi connectivity index (χ0n) is 14.8. The lowest BCUT2D eigenvalue weighted by Gasteiger charge is -2.15. The maximum absolute atomic E-state index is 12.2. The lowest BCUT2D eigenvalue weighted by atomic mass is 10.1. The average molecular weight is 341 g/mol. The van der Waals surface area contributed by atoms with E-state index in [-0.39, 0.29) is 11.9 Å². The third-order valence-electron chi connectivity index (χ3n) is 3.59. The highest BCUT2D eigenvalue weighted by Gasteiger charge is 2.14. The molecule has 6 heteroatoms. The number of hydrogen-bond donors (Lipinski definition) is 1. The number of carbonyl (C=O) groups excluding carboxylic acids is 2. The van der Waals surface area contributed by atoms with Crippen molar-refractivity contribution in [3.8, 4) is 0 Å². The van der Waals surface area contributed by atoms with Gasteiger partial charge in [0.1, 0.15) is 0 Å². The van der Waals surface area contributed by atoms with Crippen LogP contribution in [0.2, 0.25) is 0 Å². The van der Waals surface area contributed by atoms with Gasteiger partial charge in [-0.1, -0.05) is 13.3 Å². The van der Waals surface area contributed by atoms with E-state index in [4.69, 9.17) is 4.74 Å². The van der Waals surface area contributed by atoms with Crippen LogP contribution in [0.1, 0.15) is 40.5 Å². The lowest BCUT2D eigenvalue weighted by molar-refractivity contribution is 0.0499. The number of pyridine rings is 1. The summed E-state index contributed by atoms with van der Waals surface area (Å²) in [5.74, 6) is -0.459. The van der Waals surface area contributed by atoms with E-state index < -0.39 is 0 Å². The number of rotatable bonds is 7. The summed E-state index contributed by atoms with van der Waals surface area (Å²) in [4.78, 5) is 29.6. The number of benzene rings is 1. The first-order valence-electron chi connectivity index (χ1n) is 8.22. The van der Waals surface area contributed by atoms with Gasteiger partial charge >= 0.3 is 5.97 Å². The summed E-state index contributed by atoms with van der Waals surface area (Å²) in [5, 5.41) is 3.19. The predicted octanol–water partition coefficient (Wildman–Crippen LogP) is 3.48. The van der Waals surface area contributed by atoms with E-state index in [2.05, 4.69) is 10.3 Å². The number of nitrogens with one attached hydrogen (secondary N) is 1. The maximum Gasteiger partial charge on any atom is 0.338 e. The molecule has 0 atom stereocenters. The van der Waals surface area contributed by atoms with Gasteiger partial charge in [0, 0.05) is 32.2 Å². The van der Waals surface area contributed by atoms with Crippen LogP contribution in [0.25, 0.3) is 0 Å². The number of amides is 1. The standard InChI is InChI=1S/C19H23N3O3/c1-4-5-12-25-19(24)14-6-8-15(9-7-14)21-17-10-11-20-13-16(17)18(23)22(2)3/h6-11,13H,4-5,12H2,1-3H3,(H,20,21). The fraction of sp³-hybridized carbons (Fsp3) is 0.316. The van der Waals surface area contributed by atoms with Gasteiger partial charge in [0.2, 0.25) is 0 Å². The van der Waals surface area contributed by atoms with Crippen LogP contribution in [-0.4, -0.2) is 42.5 Å². The molecule has 0 saturated carbocycles. The first-order chi connectivity index (χ1) is 12.0. The molecule has 1 amide bonds. The van der Waals surface area contributed by atoms with E-state index in [0.29, 0.717) is 23.4 Å². The molecule has 0 aliphatic rings. The number of nitrogens with zero attached hydrogens (tertiary/aromatic N) is 2. The van der Waals surface area contributed by atoms with Crippen LogP contribution in [0.5, 0.6) is 0 Å². The minimum atomic E-state index is -0.326. The summed E-state index contributed by atoms with van der Waals surface area (Å²) in [6, 6.07) is 8.70. The smallest absolute Gasteiger partial charge is 0.338 e. The van der Waals surface area contributed by atoms with Crippen molar-refractivity contribution in [3.63, 3.8) is 0 Å². The van der Waals surface area contributed by atoms with Crippen LogP contribution in [0, 0.1) is 0 Å². The molecule has 0 radical (unpaired) electrons. The number of esters is 1. The molecule has 0 bridgehead atoms. The lowest BCUT2D eigenvalue weighted by Crippen LogP contribution is -2.22. The molecule has 0 saturated heterocycles. The Bertz CT molecular complexity index is 727. The Hall–Kier alpha value is -2.89. The molecular formula is C19H23N3O3. The van der Waals surface area contributed by atoms with Crippen molar-refractivity contribution in [1.82, 2.24) is 9.88 Å². The normalized spacial score (nSPS) is 10.2. The summed E-state index contributed by atoms with van der Waals surface area (Å²) in [5.41, 5.74) is 2.41. The summed E-state index contributed by atoms with van der Waals surface area (Å²) in [7, 11) is 3.39. The summed E-state index contributed by atoms with van der Waals surface area (Å²) in [6.07, 6.45) is 4.99. The van der Waals surface area contributed by atoms with E-state index in [1.54, 1.807) is 50.6 Å². The van der Waals surface area contributed by atoms with Crippen molar-refractivity contribution in [2.45, 2.75) is 19.8 Å². The number of hydrogen-bond acceptors (Lipinski definition) is 5. The van der Waals surface area contributed by atoms with Crippen LogP contribution in [-0.2, 0) is 4.74 Å². The summed E-state index contributed by atoms with van der Waals surface area (Å²) >= 11 is 0. The van der Waals surface area contributed by atoms with Crippen molar-refractivity contribution in [2.24, 2.45) is 0 Å². The highest BCUT2D eigenvalue weighted by Crippen LogP contribution is 2.21. The molecule has 0 aliphatic heterocycles. The highest BCUT2D eigenvalue weighted by molar-refractivity contribution is 5.99. The van der Waals surface area contributed by atoms with Gasteiger partial charge in [0.25, 0.3) is 5.91 Å². The van der Waals surface area contributed by atoms with Gasteiger partial charge in [-0.3, -0.25) is 9.78 Å². The summed E-state index contributed by atoms with van der Waals surface area (Å²) in [6.45, 7) is 2.48. The topological polar surface area (TPSA) is 71.5 Å². The molecule has 0 fully saturated rings. The third-order valence-corrected chi connectivity index (χ3v) is 3.59. The zero-order chi connectivity index (χ0) is 18.2. The van der Waals surface area contributed by atoms with Crippen LogP contribution in [0.4, 0.5) is 11.4 Å². The second-order valence-corrected chi connectivity index (χ2v) is 5.81. The first kappa shape index (κ1) is 18.4. The molecule has 25 heavy (non-hydrogen) atoms. The molecule has 1 aromatic heterocycles. The quantitative estimate of drug-likeness (QED) is 0.616. The Balaban J connectivity index is 2.09. The number of anilines is 2. The second-order valence-electron chi connectivity index (χ2n) is 5.81. The predicted molar refractivity (Wildman–Crippen MR) is 97.2 cm³/mol. The monoisotopic (exact) mass is 341 g/mol. The van der Waals surface area contributed by atoms with Gasteiger partial charge in [0.05, 0.1) is 23.4 Å². The molecule has 132 valence electrons. The molecule has 0 unspecified atom stereocenters. The number of carbonyl (C=O) groups is 2. The van der Waals surface area contributed by atoms with Gasteiger partial charge in [-0.2, -0.15) is 0 Å². The minimum Gasteiger partial charge on any atom is -0.462 e. The van der Waals surface area contributed by atoms with Gasteiger partial charge in [0.15, 0.2) is 0 Å². The molecule has 2 aromatic rings. The van der Waals surface area contributed by atoms with Crippen LogP contribution >= 0.6 is 0 Å². The third kappa shape index (κ3) is 5.04. The van der Waals surface area contributed by atoms with Gasteiger partial charge in [-0.15, -0.1) is 0 Å². The fourth-order valence-electron chi connectivity index (χ4n) is 2.15. The van der Waals surface area contributed by atoms with E-state index in [0.717, 1.165) is 18.5 Å². The van der Waals surface area contributed by atoms with Crippen LogP contribution < -0.4 is 5.32 Å². The highest BCUT2D eigenvalue weighted by atomic mass is 16.5. The Morgan fingerprint density at radius 1 is 1.16 bits per heavy atom. The Kier molecular flexibility index (Phi) is 6.51. The Morgan fingerprint density at radius 2 is 1.88 bits per heavy atom. The molecule has 1 aromatic carbocycles. The number of ether oxygens (including phenoxy) is 1. The second kappa shape index (κ2) is 8.82. The molecule has 1 heterocycles. The zero-order valence-corrected chi connectivity index (χ0v) is 14.8. The van der Waals surface area contributed by atoms with Crippen molar-refractivity contribution in [3.05, 3.63) is 53.9 Å². The van der Waals surface area contributed by atoms with Crippen molar-refractivity contribution in [2.75, 3.05) is 26.0 Å². The van der Waals surface area contributed by atoms with E-state index in [1.165, 1.54) is 11.1 Å². The van der Waals surface area contributed by atoms with Crippen molar-refractivity contribution < 1.29 is 14.3 Å². The van der Waals surface area contributed by atoms with Crippen molar-refractivity contribution in [1.29, 1.82) is 0 Å². The van der Waals surface area contributed by atoms with Crippen LogP contribution in [0.3, 0.4) is 0 Å². The van der Waals surface area contributed by atoms with Gasteiger partial charge in [-0.05, 0) is 36.8 Å². The molecule has 0 spiro atoms. The Labute approximate surface area is 147 Å². The largest absolute Gasteiger partial charge is 0.462 e. The van der Waals surface area contributed by atoms with Gasteiger partial charge < -0.3 is 15.0 Å². The maximum atomic E-state index is 12.2. The fourth-order valence-corrected chi connectivity index (χ4v) is 2.15. The van der Waals surface area contributed by atoms with Gasteiger partial charge in [-0.25, -0.2) is 4.79 Å². The SMILES string of the molecule is CCCCOC(=O)c1ccc(Nc2ccncc2C(=O)N(C)C)cc1. The van der Waals surface area contributed by atoms with Crippen LogP contribution in [0.15, 0.2) is 42.7 Å². The Morgan fingerprint density at radius 3 is 2.52 bits per heavy atom. The molecule has 6 nitrogen and oxygen atoms in total. The van der Waals surface area contributed by atoms with E-state index in [9.17, 15) is 9.59 Å². The van der Waals surface area contributed by atoms with E-state index in [1.807, 2.05) is 6.92 Å². The molecule has 2 rings (SSSR count). The first-order valence-corrected chi connectivity index (χ1v) is 8.22. The summed E-state index contributed by atoms with van der Waals surface area (Å²) < 4.78 is 5.19. The molecular weight excluding hydrogens is 318 g/mol. The van der Waals surface area contributed by atoms with E-state index >= 15 is 0 Å².